The van der Waals surface area contributed by atoms with Crippen LogP contribution in [-0.2, 0) is 0 Å². The van der Waals surface area contributed by atoms with Crippen LogP contribution in [0, 0.1) is 0 Å². The van der Waals surface area contributed by atoms with Crippen molar-refractivity contribution in [2.45, 2.75) is 0 Å². The van der Waals surface area contributed by atoms with Gasteiger partial charge < -0.3 is 5.32 Å². The number of carbonyl (C=O) groups excluding carboxylic acids is 1. The Hall–Kier alpha value is -3.54. The van der Waals surface area contributed by atoms with Crippen LogP contribution in [0.4, 0.5) is 5.82 Å². The van der Waals surface area contributed by atoms with E-state index in [0.717, 1.165) is 16.5 Å². The number of hydrogen-bond donors (Lipinski definition) is 1. The van der Waals surface area contributed by atoms with E-state index in [0.29, 0.717) is 11.4 Å². The quantitative estimate of drug-likeness (QED) is 0.630. The van der Waals surface area contributed by atoms with Gasteiger partial charge in [-0.1, -0.05) is 30.3 Å². The van der Waals surface area contributed by atoms with Crippen molar-refractivity contribution < 1.29 is 4.79 Å². The zero-order valence-corrected chi connectivity index (χ0v) is 12.6. The molecule has 0 aliphatic carbocycles. The van der Waals surface area contributed by atoms with Crippen LogP contribution in [0.2, 0.25) is 0 Å². The van der Waals surface area contributed by atoms with Crippen molar-refractivity contribution in [3.05, 3.63) is 79.0 Å². The monoisotopic (exact) mass is 315 g/mol. The van der Waals surface area contributed by atoms with Gasteiger partial charge in [0.25, 0.3) is 5.91 Å². The average Bonchev–Trinajstić information content (AvgIpc) is 3.16. The third kappa shape index (κ3) is 2.72. The predicted octanol–water partition coefficient (Wildman–Crippen LogP) is 3.07. The van der Waals surface area contributed by atoms with Gasteiger partial charge in [0, 0.05) is 5.56 Å². The Morgan fingerprint density at radius 3 is 2.62 bits per heavy atom. The summed E-state index contributed by atoms with van der Waals surface area (Å²) in [6, 6.07) is 17.1. The first kappa shape index (κ1) is 14.1. The fraction of sp³-hybridized carbons (Fsp3) is 0. The number of anilines is 1. The summed E-state index contributed by atoms with van der Waals surface area (Å²) in [6.07, 6.45) is 4.67. The Labute approximate surface area is 137 Å². The lowest BCUT2D eigenvalue weighted by Gasteiger charge is -2.06. The third-order valence-electron chi connectivity index (χ3n) is 3.68. The first-order chi connectivity index (χ1) is 11.8. The number of benzene rings is 2. The zero-order valence-electron chi connectivity index (χ0n) is 12.6. The number of nitrogens with one attached hydrogen (secondary N) is 1. The molecule has 2 heterocycles. The lowest BCUT2D eigenvalue weighted by molar-refractivity contribution is 0.102. The van der Waals surface area contributed by atoms with E-state index in [1.54, 1.807) is 29.3 Å². The summed E-state index contributed by atoms with van der Waals surface area (Å²) in [5, 5.41) is 8.96. The number of nitrogens with zero attached hydrogens (tertiary/aromatic N) is 4. The van der Waals surface area contributed by atoms with Crippen LogP contribution in [-0.4, -0.2) is 25.7 Å². The summed E-state index contributed by atoms with van der Waals surface area (Å²) in [6.45, 7) is 0. The van der Waals surface area contributed by atoms with Crippen molar-refractivity contribution in [1.82, 2.24) is 19.7 Å². The maximum absolute atomic E-state index is 12.4. The summed E-state index contributed by atoms with van der Waals surface area (Å²) >= 11 is 0. The van der Waals surface area contributed by atoms with E-state index < -0.39 is 0 Å². The minimum atomic E-state index is -0.193. The highest BCUT2D eigenvalue weighted by Gasteiger charge is 2.08. The molecule has 0 aliphatic rings. The minimum absolute atomic E-state index is 0.193. The number of hydrogen-bond acceptors (Lipinski definition) is 4. The minimum Gasteiger partial charge on any atom is -0.307 e. The van der Waals surface area contributed by atoms with Gasteiger partial charge in [-0.2, -0.15) is 5.10 Å². The molecule has 2 aromatic heterocycles. The molecule has 4 rings (SSSR count). The first-order valence-electron chi connectivity index (χ1n) is 7.41. The Balaban J connectivity index is 1.54. The van der Waals surface area contributed by atoms with Crippen LogP contribution in [0.25, 0.3) is 16.5 Å². The number of rotatable bonds is 3. The third-order valence-corrected chi connectivity index (χ3v) is 3.68. The van der Waals surface area contributed by atoms with Crippen LogP contribution < -0.4 is 5.32 Å². The highest BCUT2D eigenvalue weighted by atomic mass is 16.1. The molecular weight excluding hydrogens is 302 g/mol. The standard InChI is InChI=1S/C18H13N5O/c24-18(15-6-5-13-3-1-2-4-14(13)9-15)22-17-8-7-16(10-20-17)23-12-19-11-21-23/h1-12H,(H,20,22,24). The molecule has 24 heavy (non-hydrogen) atoms. The van der Waals surface area contributed by atoms with E-state index in [1.807, 2.05) is 42.5 Å². The van der Waals surface area contributed by atoms with E-state index in [4.69, 9.17) is 0 Å². The molecule has 1 N–H and O–H groups in total. The van der Waals surface area contributed by atoms with Crippen LogP contribution in [0.3, 0.4) is 0 Å². The van der Waals surface area contributed by atoms with E-state index in [2.05, 4.69) is 20.4 Å². The molecule has 0 atom stereocenters. The van der Waals surface area contributed by atoms with Crippen molar-refractivity contribution in [1.29, 1.82) is 0 Å². The molecule has 0 bridgehead atoms. The van der Waals surface area contributed by atoms with Crippen molar-refractivity contribution in [3.63, 3.8) is 0 Å². The lowest BCUT2D eigenvalue weighted by Crippen LogP contribution is -2.13. The molecule has 6 nitrogen and oxygen atoms in total. The largest absolute Gasteiger partial charge is 0.307 e. The van der Waals surface area contributed by atoms with Crippen molar-refractivity contribution in [2.75, 3.05) is 5.32 Å². The summed E-state index contributed by atoms with van der Waals surface area (Å²) in [4.78, 5) is 20.5. The second-order valence-electron chi connectivity index (χ2n) is 5.26. The van der Waals surface area contributed by atoms with Crippen molar-refractivity contribution >= 4 is 22.5 Å². The Morgan fingerprint density at radius 2 is 1.88 bits per heavy atom. The van der Waals surface area contributed by atoms with Gasteiger partial charge in [0.2, 0.25) is 0 Å². The normalized spacial score (nSPS) is 10.7. The molecule has 6 heteroatoms. The highest BCUT2D eigenvalue weighted by molar-refractivity contribution is 6.06. The first-order valence-corrected chi connectivity index (χ1v) is 7.41. The van der Waals surface area contributed by atoms with Gasteiger partial charge in [0.05, 0.1) is 11.9 Å². The molecular formula is C18H13N5O. The Bertz CT molecular complexity index is 994. The Morgan fingerprint density at radius 1 is 1.00 bits per heavy atom. The molecule has 2 aromatic carbocycles. The average molecular weight is 315 g/mol. The summed E-state index contributed by atoms with van der Waals surface area (Å²) in [5.74, 6) is 0.291. The molecule has 0 radical (unpaired) electrons. The van der Waals surface area contributed by atoms with Gasteiger partial charge in [-0.3, -0.25) is 4.79 Å². The summed E-state index contributed by atoms with van der Waals surface area (Å²) in [5.41, 5.74) is 1.37. The fourth-order valence-electron chi connectivity index (χ4n) is 2.46. The van der Waals surface area contributed by atoms with Crippen LogP contribution in [0.5, 0.6) is 0 Å². The molecule has 0 unspecified atom stereocenters. The number of fused-ring (bicyclic) bond motifs is 1. The molecule has 0 spiro atoms. The van der Waals surface area contributed by atoms with E-state index >= 15 is 0 Å². The van der Waals surface area contributed by atoms with Gasteiger partial charge in [-0.15, -0.1) is 0 Å². The molecule has 116 valence electrons. The van der Waals surface area contributed by atoms with Gasteiger partial charge in [-0.05, 0) is 35.0 Å². The van der Waals surface area contributed by atoms with Gasteiger partial charge in [-0.25, -0.2) is 14.6 Å². The van der Waals surface area contributed by atoms with Crippen LogP contribution in [0.15, 0.2) is 73.4 Å². The molecule has 0 aliphatic heterocycles. The number of pyridine rings is 1. The predicted molar refractivity (Wildman–Crippen MR) is 91.1 cm³/mol. The molecule has 0 saturated carbocycles. The highest BCUT2D eigenvalue weighted by Crippen LogP contribution is 2.17. The lowest BCUT2D eigenvalue weighted by atomic mass is 10.1. The number of aromatic nitrogens is 4. The van der Waals surface area contributed by atoms with E-state index in [1.165, 1.54) is 6.33 Å². The van der Waals surface area contributed by atoms with Crippen LogP contribution >= 0.6 is 0 Å². The topological polar surface area (TPSA) is 72.7 Å². The van der Waals surface area contributed by atoms with E-state index in [9.17, 15) is 4.79 Å². The van der Waals surface area contributed by atoms with Gasteiger partial charge >= 0.3 is 0 Å². The number of amides is 1. The zero-order chi connectivity index (χ0) is 16.4. The molecule has 0 saturated heterocycles. The van der Waals surface area contributed by atoms with Gasteiger partial charge in [0.15, 0.2) is 0 Å². The maximum Gasteiger partial charge on any atom is 0.256 e. The molecule has 1 amide bonds. The second kappa shape index (κ2) is 5.92. The smallest absolute Gasteiger partial charge is 0.256 e. The van der Waals surface area contributed by atoms with Crippen molar-refractivity contribution in [2.24, 2.45) is 0 Å². The van der Waals surface area contributed by atoms with Crippen LogP contribution in [0.1, 0.15) is 10.4 Å². The molecule has 0 fully saturated rings. The SMILES string of the molecule is O=C(Nc1ccc(-n2cncn2)cn1)c1ccc2ccccc2c1. The van der Waals surface area contributed by atoms with Crippen molar-refractivity contribution in [3.8, 4) is 5.69 Å². The molecule has 4 aromatic rings. The maximum atomic E-state index is 12.4. The fourth-order valence-corrected chi connectivity index (χ4v) is 2.46. The van der Waals surface area contributed by atoms with E-state index in [-0.39, 0.29) is 5.91 Å². The Kier molecular flexibility index (Phi) is 3.47. The van der Waals surface area contributed by atoms with Gasteiger partial charge in [0.1, 0.15) is 18.5 Å². The summed E-state index contributed by atoms with van der Waals surface area (Å²) in [7, 11) is 0. The number of carbonyl (C=O) groups is 1. The summed E-state index contributed by atoms with van der Waals surface area (Å²) < 4.78 is 1.60. The second-order valence-corrected chi connectivity index (χ2v) is 5.26.